The Labute approximate surface area is 127 Å². The Morgan fingerprint density at radius 1 is 1.48 bits per heavy atom. The monoisotopic (exact) mass is 332 g/mol. The van der Waals surface area contributed by atoms with Gasteiger partial charge in [-0.2, -0.15) is 0 Å². The SMILES string of the molecule is CNS(=O)(=O)CC(C)(N)c1sc2c(OC)cccc2c1F. The maximum Gasteiger partial charge on any atom is 0.213 e. The van der Waals surface area contributed by atoms with Gasteiger partial charge in [0.05, 0.1) is 28.0 Å². The summed E-state index contributed by atoms with van der Waals surface area (Å²) >= 11 is 1.12. The Hall–Kier alpha value is -1.22. The van der Waals surface area contributed by atoms with Crippen LogP contribution >= 0.6 is 11.3 Å². The first-order chi connectivity index (χ1) is 9.72. The van der Waals surface area contributed by atoms with Crippen molar-refractivity contribution in [1.29, 1.82) is 0 Å². The zero-order valence-corrected chi connectivity index (χ0v) is 13.6. The first kappa shape index (κ1) is 16.2. The molecule has 0 aliphatic heterocycles. The van der Waals surface area contributed by atoms with E-state index in [0.29, 0.717) is 15.8 Å². The molecule has 0 fully saturated rings. The van der Waals surface area contributed by atoms with Gasteiger partial charge in [0.2, 0.25) is 10.0 Å². The van der Waals surface area contributed by atoms with Gasteiger partial charge in [-0.1, -0.05) is 12.1 Å². The van der Waals surface area contributed by atoms with Crippen molar-refractivity contribution < 1.29 is 17.5 Å². The first-order valence-electron chi connectivity index (χ1n) is 6.17. The van der Waals surface area contributed by atoms with Crippen LogP contribution in [-0.2, 0) is 15.6 Å². The first-order valence-corrected chi connectivity index (χ1v) is 8.64. The fourth-order valence-electron chi connectivity index (χ4n) is 2.12. The van der Waals surface area contributed by atoms with Gasteiger partial charge in [-0.05, 0) is 20.0 Å². The Morgan fingerprint density at radius 3 is 2.71 bits per heavy atom. The van der Waals surface area contributed by atoms with E-state index in [9.17, 15) is 12.8 Å². The molecule has 8 heteroatoms. The Balaban J connectivity index is 2.59. The summed E-state index contributed by atoms with van der Waals surface area (Å²) in [6, 6.07) is 5.02. The number of hydrogen-bond acceptors (Lipinski definition) is 5. The summed E-state index contributed by atoms with van der Waals surface area (Å²) in [5.74, 6) is -0.358. The number of nitrogens with two attached hydrogens (primary N) is 1. The van der Waals surface area contributed by atoms with Crippen LogP contribution in [0.3, 0.4) is 0 Å². The molecule has 0 bridgehead atoms. The van der Waals surface area contributed by atoms with Crippen molar-refractivity contribution >= 4 is 31.4 Å². The van der Waals surface area contributed by atoms with E-state index in [-0.39, 0.29) is 4.88 Å². The van der Waals surface area contributed by atoms with Gasteiger partial charge in [-0.25, -0.2) is 17.5 Å². The molecule has 1 aromatic heterocycles. The van der Waals surface area contributed by atoms with Crippen LogP contribution in [0.1, 0.15) is 11.8 Å². The highest BCUT2D eigenvalue weighted by Gasteiger charge is 2.33. The van der Waals surface area contributed by atoms with E-state index in [4.69, 9.17) is 10.5 Å². The van der Waals surface area contributed by atoms with Crippen LogP contribution in [0.25, 0.3) is 10.1 Å². The van der Waals surface area contributed by atoms with Gasteiger partial charge in [0, 0.05) is 5.39 Å². The third kappa shape index (κ3) is 3.03. The van der Waals surface area contributed by atoms with Crippen molar-refractivity contribution in [3.8, 4) is 5.75 Å². The zero-order valence-electron chi connectivity index (χ0n) is 11.9. The normalized spacial score (nSPS) is 15.1. The summed E-state index contributed by atoms with van der Waals surface area (Å²) < 4.78 is 46.0. The second-order valence-electron chi connectivity index (χ2n) is 4.96. The molecule has 2 rings (SSSR count). The second-order valence-corrected chi connectivity index (χ2v) is 7.91. The average Bonchev–Trinajstić information content (AvgIpc) is 2.76. The van der Waals surface area contributed by atoms with Gasteiger partial charge in [0.15, 0.2) is 0 Å². The predicted molar refractivity (Wildman–Crippen MR) is 82.7 cm³/mol. The van der Waals surface area contributed by atoms with Crippen molar-refractivity contribution in [2.75, 3.05) is 19.9 Å². The van der Waals surface area contributed by atoms with Gasteiger partial charge < -0.3 is 10.5 Å². The lowest BCUT2D eigenvalue weighted by molar-refractivity contribution is 0.420. The average molecular weight is 332 g/mol. The molecule has 3 N–H and O–H groups in total. The summed E-state index contributed by atoms with van der Waals surface area (Å²) in [5.41, 5.74) is 4.73. The number of nitrogens with one attached hydrogen (secondary N) is 1. The summed E-state index contributed by atoms with van der Waals surface area (Å²) in [5, 5.41) is 0.382. The van der Waals surface area contributed by atoms with Crippen LogP contribution in [0.15, 0.2) is 18.2 Å². The Bertz CT molecular complexity index is 769. The van der Waals surface area contributed by atoms with Crippen molar-refractivity contribution in [3.05, 3.63) is 28.9 Å². The number of sulfonamides is 1. The maximum absolute atomic E-state index is 14.6. The Kier molecular flexibility index (Phi) is 4.25. The number of rotatable bonds is 5. The minimum absolute atomic E-state index is 0.195. The highest BCUT2D eigenvalue weighted by Crippen LogP contribution is 2.40. The zero-order chi connectivity index (χ0) is 15.8. The standard InChI is InChI=1S/C13H17FN2O3S2/c1-13(15,7-21(17,18)16-2)12-10(14)8-5-4-6-9(19-3)11(8)20-12/h4-6,16H,7,15H2,1-3H3. The molecular weight excluding hydrogens is 315 g/mol. The number of benzene rings is 1. The molecule has 0 aliphatic rings. The van der Waals surface area contributed by atoms with Crippen molar-refractivity contribution in [1.82, 2.24) is 4.72 Å². The summed E-state index contributed by atoms with van der Waals surface area (Å²) in [6.45, 7) is 1.50. The molecule has 0 amide bonds. The molecule has 116 valence electrons. The largest absolute Gasteiger partial charge is 0.495 e. The molecule has 5 nitrogen and oxygen atoms in total. The topological polar surface area (TPSA) is 81.4 Å². The third-order valence-electron chi connectivity index (χ3n) is 3.16. The number of ether oxygens (including phenoxy) is 1. The van der Waals surface area contributed by atoms with Crippen LogP contribution in [0, 0.1) is 5.82 Å². The number of thiophene rings is 1. The van der Waals surface area contributed by atoms with E-state index in [1.807, 2.05) is 0 Å². The number of fused-ring (bicyclic) bond motifs is 1. The minimum Gasteiger partial charge on any atom is -0.495 e. The van der Waals surface area contributed by atoms with Gasteiger partial charge >= 0.3 is 0 Å². The van der Waals surface area contributed by atoms with Crippen molar-refractivity contribution in [3.63, 3.8) is 0 Å². The molecule has 1 heterocycles. The van der Waals surface area contributed by atoms with E-state index >= 15 is 0 Å². The molecule has 0 saturated carbocycles. The fraction of sp³-hybridized carbons (Fsp3) is 0.385. The molecule has 1 unspecified atom stereocenters. The number of hydrogen-bond donors (Lipinski definition) is 2. The second kappa shape index (κ2) is 5.53. The highest BCUT2D eigenvalue weighted by atomic mass is 32.2. The summed E-state index contributed by atoms with van der Waals surface area (Å²) in [7, 11) is -0.761. The molecule has 0 spiro atoms. The van der Waals surface area contributed by atoms with Crippen LogP contribution in [-0.4, -0.2) is 28.3 Å². The lowest BCUT2D eigenvalue weighted by atomic mass is 10.0. The molecule has 0 saturated heterocycles. The lowest BCUT2D eigenvalue weighted by Crippen LogP contribution is -2.43. The predicted octanol–water partition coefficient (Wildman–Crippen LogP) is 1.77. The van der Waals surface area contributed by atoms with E-state index in [1.54, 1.807) is 18.2 Å². The molecule has 21 heavy (non-hydrogen) atoms. The molecule has 1 atom stereocenters. The van der Waals surface area contributed by atoms with Gasteiger partial charge in [0.1, 0.15) is 11.6 Å². The van der Waals surface area contributed by atoms with Crippen molar-refractivity contribution in [2.45, 2.75) is 12.5 Å². The van der Waals surface area contributed by atoms with Crippen LogP contribution in [0.5, 0.6) is 5.75 Å². The van der Waals surface area contributed by atoms with Gasteiger partial charge in [-0.3, -0.25) is 0 Å². The van der Waals surface area contributed by atoms with Crippen LogP contribution in [0.2, 0.25) is 0 Å². The van der Waals surface area contributed by atoms with Crippen molar-refractivity contribution in [2.24, 2.45) is 5.73 Å². The summed E-state index contributed by atoms with van der Waals surface area (Å²) in [6.07, 6.45) is 0. The van der Waals surface area contributed by atoms with E-state index < -0.39 is 27.1 Å². The fourth-order valence-corrected chi connectivity index (χ4v) is 4.52. The molecule has 0 aliphatic carbocycles. The van der Waals surface area contributed by atoms with E-state index in [1.165, 1.54) is 21.1 Å². The maximum atomic E-state index is 14.6. The summed E-state index contributed by atoms with van der Waals surface area (Å²) in [4.78, 5) is 0.195. The number of halogens is 1. The molecular formula is C13H17FN2O3S2. The smallest absolute Gasteiger partial charge is 0.213 e. The van der Waals surface area contributed by atoms with E-state index in [2.05, 4.69) is 4.72 Å². The number of methoxy groups -OCH3 is 1. The van der Waals surface area contributed by atoms with Gasteiger partial charge in [-0.15, -0.1) is 11.3 Å². The molecule has 0 radical (unpaired) electrons. The Morgan fingerprint density at radius 2 is 2.14 bits per heavy atom. The van der Waals surface area contributed by atoms with Crippen LogP contribution < -0.4 is 15.2 Å². The highest BCUT2D eigenvalue weighted by molar-refractivity contribution is 7.89. The molecule has 1 aromatic carbocycles. The minimum atomic E-state index is -3.56. The van der Waals surface area contributed by atoms with Crippen LogP contribution in [0.4, 0.5) is 4.39 Å². The quantitative estimate of drug-likeness (QED) is 0.874. The van der Waals surface area contributed by atoms with E-state index in [0.717, 1.165) is 11.3 Å². The lowest BCUT2D eigenvalue weighted by Gasteiger charge is -2.22. The molecule has 2 aromatic rings. The third-order valence-corrected chi connectivity index (χ3v) is 6.23. The van der Waals surface area contributed by atoms with Gasteiger partial charge in [0.25, 0.3) is 0 Å².